The van der Waals surface area contributed by atoms with Crippen molar-refractivity contribution in [1.29, 1.82) is 0 Å². The third-order valence-electron chi connectivity index (χ3n) is 4.80. The lowest BCUT2D eigenvalue weighted by Gasteiger charge is -2.32. The maximum atomic E-state index is 12.4. The first-order chi connectivity index (χ1) is 13.1. The SMILES string of the molecule is COc1ccc(-c2cn3c(CC(=O)NN4CCN(C)CC4)csc3n2)cc1. The van der Waals surface area contributed by atoms with Gasteiger partial charge in [-0.15, -0.1) is 11.3 Å². The van der Waals surface area contributed by atoms with Gasteiger partial charge in [-0.3, -0.25) is 14.6 Å². The summed E-state index contributed by atoms with van der Waals surface area (Å²) in [5.41, 5.74) is 5.89. The first kappa shape index (κ1) is 18.0. The topological polar surface area (TPSA) is 62.1 Å². The van der Waals surface area contributed by atoms with E-state index in [2.05, 4.69) is 22.4 Å². The van der Waals surface area contributed by atoms with Gasteiger partial charge in [0.25, 0.3) is 0 Å². The zero-order valence-electron chi connectivity index (χ0n) is 15.5. The molecule has 1 aromatic carbocycles. The molecule has 0 atom stereocenters. The number of piperazine rings is 1. The molecular weight excluding hydrogens is 362 g/mol. The fraction of sp³-hybridized carbons (Fsp3) is 0.368. The van der Waals surface area contributed by atoms with Crippen LogP contribution in [0.15, 0.2) is 35.8 Å². The van der Waals surface area contributed by atoms with Crippen molar-refractivity contribution >= 4 is 22.2 Å². The highest BCUT2D eigenvalue weighted by Crippen LogP contribution is 2.25. The summed E-state index contributed by atoms with van der Waals surface area (Å²) in [4.78, 5) is 20.3. The number of nitrogens with one attached hydrogen (secondary N) is 1. The molecule has 2 aromatic heterocycles. The minimum atomic E-state index is 0.0129. The average Bonchev–Trinajstić information content (AvgIpc) is 3.26. The number of imidazole rings is 1. The van der Waals surface area contributed by atoms with Crippen LogP contribution in [0.3, 0.4) is 0 Å². The maximum absolute atomic E-state index is 12.4. The van der Waals surface area contributed by atoms with Gasteiger partial charge in [0.1, 0.15) is 5.75 Å². The summed E-state index contributed by atoms with van der Waals surface area (Å²) in [7, 11) is 3.75. The Balaban J connectivity index is 1.46. The molecule has 1 aliphatic rings. The maximum Gasteiger partial charge on any atom is 0.240 e. The predicted molar refractivity (Wildman–Crippen MR) is 106 cm³/mol. The number of hydrazine groups is 1. The molecule has 1 fully saturated rings. The molecule has 7 nitrogen and oxygen atoms in total. The molecule has 1 amide bonds. The summed E-state index contributed by atoms with van der Waals surface area (Å²) in [5.74, 6) is 0.833. The summed E-state index contributed by atoms with van der Waals surface area (Å²) in [6, 6.07) is 7.83. The Labute approximate surface area is 162 Å². The molecule has 1 aliphatic heterocycles. The number of methoxy groups -OCH3 is 1. The molecule has 4 rings (SSSR count). The number of ether oxygens (including phenoxy) is 1. The van der Waals surface area contributed by atoms with Crippen molar-refractivity contribution in [2.75, 3.05) is 40.3 Å². The number of aromatic nitrogens is 2. The van der Waals surface area contributed by atoms with Crippen LogP contribution in [0.4, 0.5) is 0 Å². The van der Waals surface area contributed by atoms with E-state index in [4.69, 9.17) is 4.74 Å². The Hall–Kier alpha value is -2.42. The molecule has 142 valence electrons. The van der Waals surface area contributed by atoms with Gasteiger partial charge in [0, 0.05) is 49.0 Å². The van der Waals surface area contributed by atoms with Crippen LogP contribution < -0.4 is 10.2 Å². The number of rotatable bonds is 5. The molecule has 3 aromatic rings. The monoisotopic (exact) mass is 385 g/mol. The molecule has 1 saturated heterocycles. The molecule has 0 unspecified atom stereocenters. The fourth-order valence-electron chi connectivity index (χ4n) is 3.16. The van der Waals surface area contributed by atoms with Crippen molar-refractivity contribution < 1.29 is 9.53 Å². The van der Waals surface area contributed by atoms with Gasteiger partial charge in [-0.2, -0.15) is 0 Å². The van der Waals surface area contributed by atoms with Crippen molar-refractivity contribution in [1.82, 2.24) is 24.7 Å². The third kappa shape index (κ3) is 3.97. The average molecular weight is 385 g/mol. The predicted octanol–water partition coefficient (Wildman–Crippen LogP) is 1.89. The Morgan fingerprint density at radius 1 is 1.22 bits per heavy atom. The van der Waals surface area contributed by atoms with Crippen LogP contribution in [0, 0.1) is 0 Å². The number of likely N-dealkylation sites (N-methyl/N-ethyl adjacent to an activating group) is 1. The van der Waals surface area contributed by atoms with Crippen LogP contribution in [-0.2, 0) is 11.2 Å². The van der Waals surface area contributed by atoms with Crippen molar-refractivity contribution in [3.63, 3.8) is 0 Å². The molecule has 8 heteroatoms. The molecule has 1 N–H and O–H groups in total. The number of carbonyl (C=O) groups excluding carboxylic acids is 1. The van der Waals surface area contributed by atoms with Crippen LogP contribution in [0.2, 0.25) is 0 Å². The van der Waals surface area contributed by atoms with Crippen LogP contribution in [0.1, 0.15) is 5.69 Å². The van der Waals surface area contributed by atoms with E-state index in [1.165, 1.54) is 0 Å². The van der Waals surface area contributed by atoms with Crippen LogP contribution in [0.5, 0.6) is 5.75 Å². The standard InChI is InChI=1S/C19H23N5O2S/c1-22-7-9-23(10-8-22)21-18(25)11-15-13-27-19-20-17(12-24(15)19)14-3-5-16(26-2)6-4-14/h3-6,12-13H,7-11H2,1-2H3,(H,21,25). The summed E-state index contributed by atoms with van der Waals surface area (Å²) in [6.07, 6.45) is 2.33. The van der Waals surface area contributed by atoms with Gasteiger partial charge in [0.2, 0.25) is 5.91 Å². The number of hydrogen-bond acceptors (Lipinski definition) is 6. The van der Waals surface area contributed by atoms with E-state index in [1.54, 1.807) is 18.4 Å². The summed E-state index contributed by atoms with van der Waals surface area (Å²) in [6.45, 7) is 3.65. The summed E-state index contributed by atoms with van der Waals surface area (Å²) < 4.78 is 7.21. The van der Waals surface area contributed by atoms with Crippen molar-refractivity contribution in [3.05, 3.63) is 41.5 Å². The van der Waals surface area contributed by atoms with E-state index in [0.717, 1.165) is 53.8 Å². The van der Waals surface area contributed by atoms with E-state index >= 15 is 0 Å². The molecule has 0 bridgehead atoms. The van der Waals surface area contributed by atoms with Crippen LogP contribution in [-0.4, -0.2) is 65.5 Å². The van der Waals surface area contributed by atoms with Gasteiger partial charge in [-0.25, -0.2) is 9.99 Å². The minimum absolute atomic E-state index is 0.0129. The van der Waals surface area contributed by atoms with Gasteiger partial charge in [-0.1, -0.05) is 0 Å². The second-order valence-electron chi connectivity index (χ2n) is 6.74. The molecule has 0 spiro atoms. The molecule has 0 radical (unpaired) electrons. The van der Waals surface area contributed by atoms with Gasteiger partial charge in [0.15, 0.2) is 4.96 Å². The van der Waals surface area contributed by atoms with E-state index in [9.17, 15) is 4.79 Å². The van der Waals surface area contributed by atoms with Crippen molar-refractivity contribution in [2.45, 2.75) is 6.42 Å². The second kappa shape index (κ2) is 7.67. The first-order valence-corrected chi connectivity index (χ1v) is 9.83. The largest absolute Gasteiger partial charge is 0.497 e. The number of amides is 1. The van der Waals surface area contributed by atoms with E-state index < -0.39 is 0 Å². The van der Waals surface area contributed by atoms with Crippen LogP contribution >= 0.6 is 11.3 Å². The van der Waals surface area contributed by atoms with Gasteiger partial charge < -0.3 is 9.64 Å². The van der Waals surface area contributed by atoms with Crippen molar-refractivity contribution in [2.24, 2.45) is 0 Å². The number of fused-ring (bicyclic) bond motifs is 1. The summed E-state index contributed by atoms with van der Waals surface area (Å²) in [5, 5.41) is 4.01. The smallest absolute Gasteiger partial charge is 0.240 e. The number of carbonyl (C=O) groups is 1. The highest BCUT2D eigenvalue weighted by atomic mass is 32.1. The van der Waals surface area contributed by atoms with E-state index in [-0.39, 0.29) is 5.91 Å². The zero-order chi connectivity index (χ0) is 18.8. The number of thiazole rings is 1. The van der Waals surface area contributed by atoms with Crippen molar-refractivity contribution in [3.8, 4) is 17.0 Å². The Morgan fingerprint density at radius 3 is 2.67 bits per heavy atom. The minimum Gasteiger partial charge on any atom is -0.497 e. The number of hydrogen-bond donors (Lipinski definition) is 1. The van der Waals surface area contributed by atoms with Crippen LogP contribution in [0.25, 0.3) is 16.2 Å². The molecule has 3 heterocycles. The molecular formula is C19H23N5O2S. The zero-order valence-corrected chi connectivity index (χ0v) is 16.3. The Bertz CT molecular complexity index is 925. The lowest BCUT2D eigenvalue weighted by Crippen LogP contribution is -2.52. The normalized spacial score (nSPS) is 15.9. The molecule has 0 saturated carbocycles. The van der Waals surface area contributed by atoms with Gasteiger partial charge >= 0.3 is 0 Å². The Kier molecular flexibility index (Phi) is 5.11. The molecule has 0 aliphatic carbocycles. The summed E-state index contributed by atoms with van der Waals surface area (Å²) >= 11 is 1.55. The second-order valence-corrected chi connectivity index (χ2v) is 7.57. The fourth-order valence-corrected chi connectivity index (χ4v) is 4.03. The third-order valence-corrected chi connectivity index (χ3v) is 5.69. The lowest BCUT2D eigenvalue weighted by atomic mass is 10.2. The van der Waals surface area contributed by atoms with Gasteiger partial charge in [-0.05, 0) is 31.3 Å². The highest BCUT2D eigenvalue weighted by Gasteiger charge is 2.17. The van der Waals surface area contributed by atoms with E-state index in [0.29, 0.717) is 6.42 Å². The Morgan fingerprint density at radius 2 is 1.96 bits per heavy atom. The molecule has 27 heavy (non-hydrogen) atoms. The number of nitrogens with zero attached hydrogens (tertiary/aromatic N) is 4. The quantitative estimate of drug-likeness (QED) is 0.727. The highest BCUT2D eigenvalue weighted by molar-refractivity contribution is 7.15. The number of benzene rings is 1. The van der Waals surface area contributed by atoms with Gasteiger partial charge in [0.05, 0.1) is 19.2 Å². The lowest BCUT2D eigenvalue weighted by molar-refractivity contribution is -0.126. The first-order valence-electron chi connectivity index (χ1n) is 8.95. The van der Waals surface area contributed by atoms with E-state index in [1.807, 2.05) is 45.3 Å².